The van der Waals surface area contributed by atoms with Gasteiger partial charge in [0.25, 0.3) is 0 Å². The highest BCUT2D eigenvalue weighted by molar-refractivity contribution is 6.03. The summed E-state index contributed by atoms with van der Waals surface area (Å²) in [5.41, 5.74) is 2.59. The molecule has 1 aliphatic heterocycles. The highest BCUT2D eigenvalue weighted by Crippen LogP contribution is 2.32. The van der Waals surface area contributed by atoms with Gasteiger partial charge in [0, 0.05) is 13.3 Å². The molecule has 1 unspecified atom stereocenters. The molecule has 1 aliphatic rings. The van der Waals surface area contributed by atoms with Gasteiger partial charge < -0.3 is 4.42 Å². The maximum atomic E-state index is 12.9. The number of benzene rings is 2. The molecule has 4 rings (SSSR count). The summed E-state index contributed by atoms with van der Waals surface area (Å²) >= 11 is 0. The average Bonchev–Trinajstić information content (AvgIpc) is 3.08. The van der Waals surface area contributed by atoms with Crippen LogP contribution in [0, 0.1) is 0 Å². The predicted molar refractivity (Wildman–Crippen MR) is 95.3 cm³/mol. The standard InChI is InChI=1S/C20H16N2O3/c1-13(23)22-18(11-17(21-22)14-7-3-2-4-8-14)16-12-25-19-10-6-5-9-15(19)20(16)24/h2-10,12,18H,11H2,1H3. The second kappa shape index (κ2) is 6.02. The zero-order valence-electron chi connectivity index (χ0n) is 13.7. The Kier molecular flexibility index (Phi) is 3.69. The monoisotopic (exact) mass is 332 g/mol. The molecule has 0 bridgehead atoms. The van der Waals surface area contributed by atoms with Crippen molar-refractivity contribution in [1.82, 2.24) is 5.01 Å². The number of fused-ring (bicyclic) bond motifs is 1. The fourth-order valence-corrected chi connectivity index (χ4v) is 3.17. The molecule has 124 valence electrons. The van der Waals surface area contributed by atoms with Gasteiger partial charge in [-0.3, -0.25) is 9.59 Å². The van der Waals surface area contributed by atoms with Crippen molar-refractivity contribution in [2.24, 2.45) is 5.10 Å². The van der Waals surface area contributed by atoms with Gasteiger partial charge in [0.2, 0.25) is 5.91 Å². The molecule has 0 N–H and O–H groups in total. The van der Waals surface area contributed by atoms with Crippen molar-refractivity contribution < 1.29 is 9.21 Å². The third kappa shape index (κ3) is 2.63. The first kappa shape index (κ1) is 15.3. The van der Waals surface area contributed by atoms with Crippen LogP contribution < -0.4 is 5.43 Å². The van der Waals surface area contributed by atoms with E-state index in [1.54, 1.807) is 18.2 Å². The Hall–Kier alpha value is -3.21. The number of para-hydroxylation sites is 1. The summed E-state index contributed by atoms with van der Waals surface area (Å²) in [7, 11) is 0. The van der Waals surface area contributed by atoms with Crippen LogP contribution in [0.15, 0.2) is 75.2 Å². The molecule has 2 heterocycles. The van der Waals surface area contributed by atoms with E-state index in [0.29, 0.717) is 23.0 Å². The number of amides is 1. The molecule has 1 amide bonds. The second-order valence-electron chi connectivity index (χ2n) is 6.01. The number of nitrogens with zero attached hydrogens (tertiary/aromatic N) is 2. The van der Waals surface area contributed by atoms with Crippen LogP contribution in [0.4, 0.5) is 0 Å². The minimum atomic E-state index is -0.450. The Bertz CT molecular complexity index is 1040. The molecule has 0 aliphatic carbocycles. The second-order valence-corrected chi connectivity index (χ2v) is 6.01. The molecule has 5 nitrogen and oxygen atoms in total. The molecule has 5 heteroatoms. The first-order chi connectivity index (χ1) is 12.1. The van der Waals surface area contributed by atoms with Gasteiger partial charge in [0.05, 0.1) is 22.7 Å². The van der Waals surface area contributed by atoms with Crippen LogP contribution in [0.25, 0.3) is 11.0 Å². The lowest BCUT2D eigenvalue weighted by molar-refractivity contribution is -0.130. The first-order valence-corrected chi connectivity index (χ1v) is 8.08. The van der Waals surface area contributed by atoms with Crippen LogP contribution in [0.2, 0.25) is 0 Å². The number of hydrogen-bond donors (Lipinski definition) is 0. The molecule has 1 aromatic heterocycles. The summed E-state index contributed by atoms with van der Waals surface area (Å²) in [4.78, 5) is 24.9. The maximum absolute atomic E-state index is 12.9. The number of rotatable bonds is 2. The lowest BCUT2D eigenvalue weighted by Crippen LogP contribution is -2.28. The van der Waals surface area contributed by atoms with Crippen molar-refractivity contribution in [2.75, 3.05) is 0 Å². The van der Waals surface area contributed by atoms with Crippen LogP contribution in [-0.4, -0.2) is 16.6 Å². The van der Waals surface area contributed by atoms with Gasteiger partial charge >= 0.3 is 0 Å². The van der Waals surface area contributed by atoms with E-state index in [0.717, 1.165) is 11.3 Å². The maximum Gasteiger partial charge on any atom is 0.240 e. The quantitative estimate of drug-likeness (QED) is 0.721. The van der Waals surface area contributed by atoms with E-state index in [4.69, 9.17) is 4.42 Å². The fraction of sp³-hybridized carbons (Fsp3) is 0.150. The Morgan fingerprint density at radius 3 is 2.60 bits per heavy atom. The lowest BCUT2D eigenvalue weighted by Gasteiger charge is -2.19. The summed E-state index contributed by atoms with van der Waals surface area (Å²) in [6, 6.07) is 16.3. The molecule has 0 spiro atoms. The van der Waals surface area contributed by atoms with Crippen LogP contribution in [-0.2, 0) is 4.79 Å². The minimum Gasteiger partial charge on any atom is -0.464 e. The largest absolute Gasteiger partial charge is 0.464 e. The van der Waals surface area contributed by atoms with Crippen molar-refractivity contribution in [1.29, 1.82) is 0 Å². The summed E-state index contributed by atoms with van der Waals surface area (Å²) in [6.45, 7) is 1.45. The van der Waals surface area contributed by atoms with Crippen molar-refractivity contribution in [3.8, 4) is 0 Å². The number of hydrazone groups is 1. The highest BCUT2D eigenvalue weighted by atomic mass is 16.3. The van der Waals surface area contributed by atoms with Gasteiger partial charge in [-0.2, -0.15) is 5.10 Å². The van der Waals surface area contributed by atoms with Gasteiger partial charge in [-0.15, -0.1) is 0 Å². The number of carbonyl (C=O) groups is 1. The third-order valence-electron chi connectivity index (χ3n) is 4.41. The van der Waals surface area contributed by atoms with E-state index in [-0.39, 0.29) is 11.3 Å². The minimum absolute atomic E-state index is 0.123. The summed E-state index contributed by atoms with van der Waals surface area (Å²) in [5, 5.41) is 6.35. The molecular formula is C20H16N2O3. The van der Waals surface area contributed by atoms with E-state index < -0.39 is 6.04 Å². The van der Waals surface area contributed by atoms with E-state index in [1.165, 1.54) is 18.2 Å². The van der Waals surface area contributed by atoms with Gasteiger partial charge in [-0.1, -0.05) is 42.5 Å². The molecular weight excluding hydrogens is 316 g/mol. The molecule has 1 atom stereocenters. The smallest absolute Gasteiger partial charge is 0.240 e. The Labute approximate surface area is 144 Å². The Morgan fingerprint density at radius 2 is 1.84 bits per heavy atom. The molecule has 0 radical (unpaired) electrons. The number of hydrogen-bond acceptors (Lipinski definition) is 4. The van der Waals surface area contributed by atoms with E-state index in [9.17, 15) is 9.59 Å². The zero-order chi connectivity index (χ0) is 17.4. The zero-order valence-corrected chi connectivity index (χ0v) is 13.7. The first-order valence-electron chi connectivity index (χ1n) is 8.08. The molecule has 0 saturated carbocycles. The summed E-state index contributed by atoms with van der Waals surface area (Å²) < 4.78 is 5.62. The van der Waals surface area contributed by atoms with Crippen LogP contribution in [0.3, 0.4) is 0 Å². The SMILES string of the molecule is CC(=O)N1N=C(c2ccccc2)CC1c1coc2ccccc2c1=O. The molecule has 3 aromatic rings. The molecule has 25 heavy (non-hydrogen) atoms. The third-order valence-corrected chi connectivity index (χ3v) is 4.41. The van der Waals surface area contributed by atoms with Crippen molar-refractivity contribution in [3.63, 3.8) is 0 Å². The van der Waals surface area contributed by atoms with Gasteiger partial charge in [0.15, 0.2) is 5.43 Å². The highest BCUT2D eigenvalue weighted by Gasteiger charge is 2.33. The van der Waals surface area contributed by atoms with E-state index in [2.05, 4.69) is 5.10 Å². The molecule has 0 fully saturated rings. The predicted octanol–water partition coefficient (Wildman–Crippen LogP) is 3.49. The van der Waals surface area contributed by atoms with Crippen LogP contribution >= 0.6 is 0 Å². The van der Waals surface area contributed by atoms with Gasteiger partial charge in [0.1, 0.15) is 11.8 Å². The van der Waals surface area contributed by atoms with Crippen LogP contribution in [0.5, 0.6) is 0 Å². The van der Waals surface area contributed by atoms with Gasteiger partial charge in [-0.05, 0) is 17.7 Å². The van der Waals surface area contributed by atoms with E-state index >= 15 is 0 Å². The van der Waals surface area contributed by atoms with Crippen molar-refractivity contribution in [3.05, 3.63) is 82.2 Å². The van der Waals surface area contributed by atoms with Crippen molar-refractivity contribution >= 4 is 22.6 Å². The Balaban J connectivity index is 1.79. The normalized spacial score (nSPS) is 16.9. The average molecular weight is 332 g/mol. The summed E-state index contributed by atoms with van der Waals surface area (Å²) in [5.74, 6) is -0.205. The molecule has 0 saturated heterocycles. The topological polar surface area (TPSA) is 62.9 Å². The fourth-order valence-electron chi connectivity index (χ4n) is 3.17. The van der Waals surface area contributed by atoms with E-state index in [1.807, 2.05) is 36.4 Å². The Morgan fingerprint density at radius 1 is 1.12 bits per heavy atom. The lowest BCUT2D eigenvalue weighted by atomic mass is 9.98. The molecule has 2 aromatic carbocycles. The van der Waals surface area contributed by atoms with Gasteiger partial charge in [-0.25, -0.2) is 5.01 Å². The van der Waals surface area contributed by atoms with Crippen LogP contribution in [0.1, 0.15) is 30.5 Å². The summed E-state index contributed by atoms with van der Waals surface area (Å²) in [6.07, 6.45) is 1.93. The number of carbonyl (C=O) groups excluding carboxylic acids is 1. The van der Waals surface area contributed by atoms with Crippen molar-refractivity contribution in [2.45, 2.75) is 19.4 Å².